The molecule has 3 rings (SSSR count). The van der Waals surface area contributed by atoms with E-state index in [1.807, 2.05) is 12.1 Å². The number of nitrogen functional groups attached to an aromatic ring is 1. The summed E-state index contributed by atoms with van der Waals surface area (Å²) in [5.74, 6) is 0.557. The zero-order valence-electron chi connectivity index (χ0n) is 9.48. The van der Waals surface area contributed by atoms with E-state index in [0.717, 1.165) is 41.7 Å². The SMILES string of the molecule is Nc1cc2cn[nH]c2cc1NCC1CC(O)C1. The summed E-state index contributed by atoms with van der Waals surface area (Å²) < 4.78 is 0. The summed E-state index contributed by atoms with van der Waals surface area (Å²) in [7, 11) is 0. The van der Waals surface area contributed by atoms with E-state index in [1.54, 1.807) is 6.20 Å². The number of aromatic nitrogens is 2. The van der Waals surface area contributed by atoms with Gasteiger partial charge in [-0.05, 0) is 30.9 Å². The lowest BCUT2D eigenvalue weighted by atomic mass is 9.82. The van der Waals surface area contributed by atoms with Crippen LogP contribution in [0.3, 0.4) is 0 Å². The molecule has 1 heterocycles. The Bertz CT molecular complexity index is 530. The van der Waals surface area contributed by atoms with E-state index in [4.69, 9.17) is 5.73 Å². The van der Waals surface area contributed by atoms with E-state index in [2.05, 4.69) is 15.5 Å². The van der Waals surface area contributed by atoms with Gasteiger partial charge in [0.25, 0.3) is 0 Å². The molecule has 2 aromatic rings. The third-order valence-corrected chi connectivity index (χ3v) is 3.40. The number of anilines is 2. The van der Waals surface area contributed by atoms with Crippen LogP contribution in [0.25, 0.3) is 10.9 Å². The average molecular weight is 232 g/mol. The van der Waals surface area contributed by atoms with Gasteiger partial charge in [-0.25, -0.2) is 0 Å². The molecule has 0 saturated heterocycles. The average Bonchev–Trinajstić information content (AvgIpc) is 2.69. The molecule has 1 aromatic carbocycles. The minimum Gasteiger partial charge on any atom is -0.397 e. The third-order valence-electron chi connectivity index (χ3n) is 3.40. The van der Waals surface area contributed by atoms with E-state index in [0.29, 0.717) is 5.92 Å². The van der Waals surface area contributed by atoms with Gasteiger partial charge in [-0.3, -0.25) is 5.10 Å². The van der Waals surface area contributed by atoms with E-state index in [1.165, 1.54) is 0 Å². The zero-order chi connectivity index (χ0) is 11.8. The number of hydrogen-bond acceptors (Lipinski definition) is 4. The second-order valence-corrected chi connectivity index (χ2v) is 4.77. The molecule has 5 N–H and O–H groups in total. The summed E-state index contributed by atoms with van der Waals surface area (Å²) >= 11 is 0. The quantitative estimate of drug-likeness (QED) is 0.601. The summed E-state index contributed by atoms with van der Waals surface area (Å²) in [6.45, 7) is 0.862. The fourth-order valence-electron chi connectivity index (χ4n) is 2.28. The van der Waals surface area contributed by atoms with Crippen molar-refractivity contribution in [1.82, 2.24) is 10.2 Å². The monoisotopic (exact) mass is 232 g/mol. The second-order valence-electron chi connectivity index (χ2n) is 4.77. The van der Waals surface area contributed by atoms with Gasteiger partial charge in [0.05, 0.1) is 29.2 Å². The first-order chi connectivity index (χ1) is 8.22. The number of aromatic amines is 1. The van der Waals surface area contributed by atoms with Crippen LogP contribution in [0.5, 0.6) is 0 Å². The molecule has 1 aliphatic carbocycles. The van der Waals surface area contributed by atoms with Crippen LogP contribution in [0.2, 0.25) is 0 Å². The first kappa shape index (κ1) is 10.4. The fraction of sp³-hybridized carbons (Fsp3) is 0.417. The normalized spacial score (nSPS) is 23.6. The van der Waals surface area contributed by atoms with Gasteiger partial charge in [0.15, 0.2) is 0 Å². The summed E-state index contributed by atoms with van der Waals surface area (Å²) in [4.78, 5) is 0. The molecule has 17 heavy (non-hydrogen) atoms. The molecule has 5 heteroatoms. The summed E-state index contributed by atoms with van der Waals surface area (Å²) in [6.07, 6.45) is 3.44. The number of H-pyrrole nitrogens is 1. The largest absolute Gasteiger partial charge is 0.397 e. The Hall–Kier alpha value is -1.75. The molecule has 0 spiro atoms. The predicted octanol–water partition coefficient (Wildman–Crippen LogP) is 1.33. The number of aliphatic hydroxyl groups is 1. The maximum absolute atomic E-state index is 9.22. The lowest BCUT2D eigenvalue weighted by molar-refractivity contribution is 0.0487. The van der Waals surface area contributed by atoms with Gasteiger partial charge in [0.1, 0.15) is 0 Å². The van der Waals surface area contributed by atoms with Gasteiger partial charge in [-0.2, -0.15) is 5.10 Å². The number of hydrogen-bond donors (Lipinski definition) is 4. The van der Waals surface area contributed by atoms with E-state index in [9.17, 15) is 5.11 Å². The number of nitrogens with two attached hydrogens (primary N) is 1. The van der Waals surface area contributed by atoms with Gasteiger partial charge in [0, 0.05) is 11.9 Å². The molecule has 0 bridgehead atoms. The minimum absolute atomic E-state index is 0.103. The molecular formula is C12H16N4O. The number of aliphatic hydroxyl groups excluding tert-OH is 1. The van der Waals surface area contributed by atoms with Crippen molar-refractivity contribution in [3.8, 4) is 0 Å². The first-order valence-electron chi connectivity index (χ1n) is 5.87. The van der Waals surface area contributed by atoms with Crippen LogP contribution >= 0.6 is 0 Å². The van der Waals surface area contributed by atoms with Gasteiger partial charge < -0.3 is 16.2 Å². The highest BCUT2D eigenvalue weighted by atomic mass is 16.3. The maximum Gasteiger partial charge on any atom is 0.0672 e. The summed E-state index contributed by atoms with van der Waals surface area (Å²) in [5.41, 5.74) is 8.62. The van der Waals surface area contributed by atoms with Crippen molar-refractivity contribution in [2.24, 2.45) is 5.92 Å². The fourth-order valence-corrected chi connectivity index (χ4v) is 2.28. The van der Waals surface area contributed by atoms with Gasteiger partial charge in [0.2, 0.25) is 0 Å². The van der Waals surface area contributed by atoms with Crippen LogP contribution in [0.1, 0.15) is 12.8 Å². The van der Waals surface area contributed by atoms with Crippen LogP contribution in [-0.2, 0) is 0 Å². The Morgan fingerprint density at radius 2 is 2.29 bits per heavy atom. The molecular weight excluding hydrogens is 216 g/mol. The molecule has 1 aromatic heterocycles. The highest BCUT2D eigenvalue weighted by Crippen LogP contribution is 2.29. The number of nitrogens with zero attached hydrogens (tertiary/aromatic N) is 1. The number of rotatable bonds is 3. The maximum atomic E-state index is 9.22. The molecule has 0 radical (unpaired) electrons. The van der Waals surface area contributed by atoms with Crippen LogP contribution in [0.15, 0.2) is 18.3 Å². The van der Waals surface area contributed by atoms with Crippen molar-refractivity contribution in [3.63, 3.8) is 0 Å². The van der Waals surface area contributed by atoms with Crippen molar-refractivity contribution >= 4 is 22.3 Å². The molecule has 90 valence electrons. The number of benzene rings is 1. The van der Waals surface area contributed by atoms with Crippen LogP contribution < -0.4 is 11.1 Å². The first-order valence-corrected chi connectivity index (χ1v) is 5.87. The highest BCUT2D eigenvalue weighted by molar-refractivity contribution is 5.88. The highest BCUT2D eigenvalue weighted by Gasteiger charge is 2.26. The van der Waals surface area contributed by atoms with Crippen molar-refractivity contribution in [2.75, 3.05) is 17.6 Å². The van der Waals surface area contributed by atoms with E-state index >= 15 is 0 Å². The van der Waals surface area contributed by atoms with Crippen LogP contribution in [0.4, 0.5) is 11.4 Å². The number of nitrogens with one attached hydrogen (secondary N) is 2. The summed E-state index contributed by atoms with van der Waals surface area (Å²) in [5, 5.41) is 20.5. The Balaban J connectivity index is 1.73. The number of fused-ring (bicyclic) bond motifs is 1. The molecule has 1 saturated carbocycles. The smallest absolute Gasteiger partial charge is 0.0672 e. The molecule has 1 fully saturated rings. The van der Waals surface area contributed by atoms with Crippen molar-refractivity contribution in [1.29, 1.82) is 0 Å². The molecule has 0 amide bonds. The Kier molecular flexibility index (Phi) is 2.40. The molecule has 0 aliphatic heterocycles. The van der Waals surface area contributed by atoms with Crippen molar-refractivity contribution < 1.29 is 5.11 Å². The Morgan fingerprint density at radius 3 is 3.06 bits per heavy atom. The van der Waals surface area contributed by atoms with Crippen molar-refractivity contribution in [3.05, 3.63) is 18.3 Å². The third kappa shape index (κ3) is 1.93. The molecule has 1 aliphatic rings. The van der Waals surface area contributed by atoms with Crippen molar-refractivity contribution in [2.45, 2.75) is 18.9 Å². The molecule has 0 unspecified atom stereocenters. The summed E-state index contributed by atoms with van der Waals surface area (Å²) in [6, 6.07) is 3.89. The molecule has 5 nitrogen and oxygen atoms in total. The topological polar surface area (TPSA) is 87.0 Å². The predicted molar refractivity (Wildman–Crippen MR) is 67.7 cm³/mol. The second kappa shape index (κ2) is 3.92. The van der Waals surface area contributed by atoms with E-state index in [-0.39, 0.29) is 6.10 Å². The Morgan fingerprint density at radius 1 is 1.47 bits per heavy atom. The Labute approximate surface area is 99.0 Å². The van der Waals surface area contributed by atoms with E-state index < -0.39 is 0 Å². The lowest BCUT2D eigenvalue weighted by Gasteiger charge is -2.31. The van der Waals surface area contributed by atoms with Gasteiger partial charge >= 0.3 is 0 Å². The standard InChI is InChI=1S/C12H16N4O/c13-10-3-8-6-15-16-11(8)4-12(10)14-5-7-1-9(17)2-7/h3-4,6-7,9,14,17H,1-2,5,13H2,(H,15,16). The van der Waals surface area contributed by atoms with Gasteiger partial charge in [-0.1, -0.05) is 0 Å². The minimum atomic E-state index is -0.103. The van der Waals surface area contributed by atoms with Crippen LogP contribution in [0, 0.1) is 5.92 Å². The lowest BCUT2D eigenvalue weighted by Crippen LogP contribution is -2.33. The zero-order valence-corrected chi connectivity index (χ0v) is 9.48. The van der Waals surface area contributed by atoms with Gasteiger partial charge in [-0.15, -0.1) is 0 Å². The molecule has 0 atom stereocenters. The van der Waals surface area contributed by atoms with Crippen LogP contribution in [-0.4, -0.2) is 28.0 Å².